The molecule has 0 heterocycles. The van der Waals surface area contributed by atoms with Gasteiger partial charge in [0.15, 0.2) is 0 Å². The molecule has 0 spiro atoms. The summed E-state index contributed by atoms with van der Waals surface area (Å²) in [7, 11) is 0. The summed E-state index contributed by atoms with van der Waals surface area (Å²) in [6.45, 7) is 7.14. The van der Waals surface area contributed by atoms with Crippen LogP contribution in [-0.4, -0.2) is 0 Å². The second-order valence-electron chi connectivity index (χ2n) is 5.06. The Balaban J connectivity index is 1.80. The van der Waals surface area contributed by atoms with Crippen molar-refractivity contribution in [3.05, 3.63) is 0 Å². The van der Waals surface area contributed by atoms with Gasteiger partial charge >= 0.3 is 0 Å². The molecule has 2 saturated carbocycles. The molecule has 0 nitrogen and oxygen atoms in total. The maximum atomic E-state index is 2.45. The molecule has 2 fully saturated rings. The van der Waals surface area contributed by atoms with Crippen LogP contribution in [0.4, 0.5) is 0 Å². The number of hydrogen-bond acceptors (Lipinski definition) is 0. The van der Waals surface area contributed by atoms with E-state index in [-0.39, 0.29) is 0 Å². The van der Waals surface area contributed by atoms with Crippen molar-refractivity contribution in [2.24, 2.45) is 23.2 Å². The van der Waals surface area contributed by atoms with Crippen LogP contribution in [-0.2, 0) is 0 Å². The van der Waals surface area contributed by atoms with Gasteiger partial charge in [0.1, 0.15) is 0 Å². The minimum atomic E-state index is 0.847. The normalized spacial score (nSPS) is 50.4. The first-order valence-corrected chi connectivity index (χ1v) is 4.62. The van der Waals surface area contributed by atoms with Gasteiger partial charge in [0.05, 0.1) is 0 Å². The predicted octanol–water partition coefficient (Wildman–Crippen LogP) is 3.08. The molecule has 3 atom stereocenters. The molecule has 0 radical (unpaired) electrons. The van der Waals surface area contributed by atoms with Gasteiger partial charge in [-0.1, -0.05) is 20.8 Å². The Labute approximate surface area is 64.0 Å². The molecular formula is C10H18. The van der Waals surface area contributed by atoms with Crippen LogP contribution in [0.2, 0.25) is 0 Å². The number of rotatable bonds is 2. The third-order valence-corrected chi connectivity index (χ3v) is 3.49. The Morgan fingerprint density at radius 2 is 2.10 bits per heavy atom. The average molecular weight is 138 g/mol. The van der Waals surface area contributed by atoms with Gasteiger partial charge in [-0.15, -0.1) is 0 Å². The van der Waals surface area contributed by atoms with E-state index >= 15 is 0 Å². The van der Waals surface area contributed by atoms with Crippen LogP contribution in [0.1, 0.15) is 40.0 Å². The standard InChI is InChI=1S/C10H18/c1-7(2)4-8-5-10(3)6-9(8)10/h7-9H,4-6H2,1-3H3. The lowest BCUT2D eigenvalue weighted by atomic mass is 9.72. The summed E-state index contributed by atoms with van der Waals surface area (Å²) in [5, 5.41) is 0. The Hall–Kier alpha value is 0. The first kappa shape index (κ1) is 6.69. The highest BCUT2D eigenvalue weighted by Gasteiger charge is 2.62. The molecule has 0 aliphatic heterocycles. The van der Waals surface area contributed by atoms with Gasteiger partial charge in [-0.25, -0.2) is 0 Å². The molecule has 0 aromatic heterocycles. The first-order chi connectivity index (χ1) is 4.62. The maximum Gasteiger partial charge on any atom is -0.0289 e. The van der Waals surface area contributed by atoms with Crippen LogP contribution in [0.25, 0.3) is 0 Å². The summed E-state index contributed by atoms with van der Waals surface area (Å²) in [6.07, 6.45) is 4.57. The fraction of sp³-hybridized carbons (Fsp3) is 1.00. The SMILES string of the molecule is CC(C)CC1CC2(C)CC12. The van der Waals surface area contributed by atoms with Crippen molar-refractivity contribution < 1.29 is 0 Å². The molecule has 0 bridgehead atoms. The highest BCUT2D eigenvalue weighted by Crippen LogP contribution is 2.71. The Morgan fingerprint density at radius 3 is 2.40 bits per heavy atom. The maximum absolute atomic E-state index is 2.45. The van der Waals surface area contributed by atoms with Crippen molar-refractivity contribution in [1.29, 1.82) is 0 Å². The van der Waals surface area contributed by atoms with Crippen molar-refractivity contribution >= 4 is 0 Å². The molecule has 10 heavy (non-hydrogen) atoms. The Morgan fingerprint density at radius 1 is 1.40 bits per heavy atom. The van der Waals surface area contributed by atoms with E-state index < -0.39 is 0 Å². The third-order valence-electron chi connectivity index (χ3n) is 3.49. The quantitative estimate of drug-likeness (QED) is 0.550. The summed E-state index contributed by atoms with van der Waals surface area (Å²) >= 11 is 0. The summed E-state index contributed by atoms with van der Waals surface area (Å²) in [6, 6.07) is 0. The number of hydrogen-bond donors (Lipinski definition) is 0. The highest BCUT2D eigenvalue weighted by atomic mass is 14.7. The van der Waals surface area contributed by atoms with E-state index in [9.17, 15) is 0 Å². The zero-order valence-electron chi connectivity index (χ0n) is 7.35. The fourth-order valence-electron chi connectivity index (χ4n) is 2.85. The molecule has 2 aliphatic carbocycles. The average Bonchev–Trinajstić information content (AvgIpc) is 2.32. The topological polar surface area (TPSA) is 0 Å². The van der Waals surface area contributed by atoms with E-state index in [1.807, 2.05) is 0 Å². The van der Waals surface area contributed by atoms with Crippen molar-refractivity contribution in [3.8, 4) is 0 Å². The largest absolute Gasteiger partial charge is 0.0628 e. The van der Waals surface area contributed by atoms with E-state index in [4.69, 9.17) is 0 Å². The zero-order chi connectivity index (χ0) is 7.35. The molecule has 0 aromatic rings. The van der Waals surface area contributed by atoms with Gasteiger partial charge in [0.2, 0.25) is 0 Å². The lowest BCUT2D eigenvalue weighted by Crippen LogP contribution is -2.24. The molecule has 0 amide bonds. The second kappa shape index (κ2) is 1.78. The van der Waals surface area contributed by atoms with Gasteiger partial charge in [-0.3, -0.25) is 0 Å². The molecule has 0 aromatic carbocycles. The second-order valence-corrected chi connectivity index (χ2v) is 5.06. The summed E-state index contributed by atoms with van der Waals surface area (Å²) < 4.78 is 0. The molecule has 0 heteroatoms. The van der Waals surface area contributed by atoms with Crippen LogP contribution in [0.15, 0.2) is 0 Å². The monoisotopic (exact) mass is 138 g/mol. The number of fused-ring (bicyclic) bond motifs is 1. The van der Waals surface area contributed by atoms with Crippen molar-refractivity contribution in [2.75, 3.05) is 0 Å². The molecule has 2 aliphatic rings. The van der Waals surface area contributed by atoms with E-state index in [1.165, 1.54) is 12.8 Å². The Kier molecular flexibility index (Phi) is 1.19. The van der Waals surface area contributed by atoms with Crippen LogP contribution in [0, 0.1) is 23.2 Å². The summed E-state index contributed by atoms with van der Waals surface area (Å²) in [5.41, 5.74) is 0.847. The van der Waals surface area contributed by atoms with Gasteiger partial charge in [0, 0.05) is 0 Å². The minimum absolute atomic E-state index is 0.847. The smallest absolute Gasteiger partial charge is 0.0289 e. The van der Waals surface area contributed by atoms with Crippen molar-refractivity contribution in [2.45, 2.75) is 40.0 Å². The molecule has 0 N–H and O–H groups in total. The molecular weight excluding hydrogens is 120 g/mol. The first-order valence-electron chi connectivity index (χ1n) is 4.62. The van der Waals surface area contributed by atoms with E-state index in [2.05, 4.69) is 20.8 Å². The van der Waals surface area contributed by atoms with Gasteiger partial charge in [-0.05, 0) is 42.4 Å². The van der Waals surface area contributed by atoms with Crippen LogP contribution < -0.4 is 0 Å². The molecule has 58 valence electrons. The zero-order valence-corrected chi connectivity index (χ0v) is 7.35. The lowest BCUT2D eigenvalue weighted by Gasteiger charge is -2.33. The van der Waals surface area contributed by atoms with E-state index in [0.717, 1.165) is 23.2 Å². The third kappa shape index (κ3) is 0.810. The lowest BCUT2D eigenvalue weighted by molar-refractivity contribution is 0.168. The van der Waals surface area contributed by atoms with Crippen molar-refractivity contribution in [1.82, 2.24) is 0 Å². The van der Waals surface area contributed by atoms with Crippen LogP contribution in [0.3, 0.4) is 0 Å². The Bertz CT molecular complexity index is 148. The van der Waals surface area contributed by atoms with Crippen molar-refractivity contribution in [3.63, 3.8) is 0 Å². The minimum Gasteiger partial charge on any atom is -0.0628 e. The van der Waals surface area contributed by atoms with Gasteiger partial charge in [0.25, 0.3) is 0 Å². The van der Waals surface area contributed by atoms with Crippen LogP contribution in [0.5, 0.6) is 0 Å². The van der Waals surface area contributed by atoms with Gasteiger partial charge in [-0.2, -0.15) is 0 Å². The van der Waals surface area contributed by atoms with E-state index in [1.54, 1.807) is 6.42 Å². The summed E-state index contributed by atoms with van der Waals surface area (Å²) in [4.78, 5) is 0. The molecule has 0 saturated heterocycles. The highest BCUT2D eigenvalue weighted by molar-refractivity contribution is 5.12. The fourth-order valence-corrected chi connectivity index (χ4v) is 2.85. The molecule has 3 unspecified atom stereocenters. The van der Waals surface area contributed by atoms with E-state index in [0.29, 0.717) is 0 Å². The van der Waals surface area contributed by atoms with Crippen LogP contribution >= 0.6 is 0 Å². The summed E-state index contributed by atoms with van der Waals surface area (Å²) in [5.74, 6) is 3.19. The predicted molar refractivity (Wildman–Crippen MR) is 43.8 cm³/mol. The van der Waals surface area contributed by atoms with Gasteiger partial charge < -0.3 is 0 Å². The molecule has 2 rings (SSSR count).